The summed E-state index contributed by atoms with van der Waals surface area (Å²) in [7, 11) is 2.11. The minimum Gasteiger partial charge on any atom is -0.377 e. The molecule has 1 fully saturated rings. The van der Waals surface area contributed by atoms with E-state index in [0.717, 1.165) is 31.7 Å². The van der Waals surface area contributed by atoms with Crippen molar-refractivity contribution in [2.24, 2.45) is 5.84 Å². The molecule has 0 aromatic heterocycles. The molecule has 110 valence electrons. The Labute approximate surface area is 120 Å². The molecule has 0 spiro atoms. The Balaban J connectivity index is 1.81. The van der Waals surface area contributed by atoms with Crippen molar-refractivity contribution in [1.82, 2.24) is 10.3 Å². The number of carbonyl (C=O) groups is 1. The molecule has 1 aromatic rings. The summed E-state index contributed by atoms with van der Waals surface area (Å²) in [5.41, 5.74) is 4.35. The van der Waals surface area contributed by atoms with Crippen molar-refractivity contribution >= 4 is 5.91 Å². The molecular formula is C15H23N3O2. The number of likely N-dealkylation sites (N-methyl/N-ethyl adjacent to an activating group) is 1. The third-order valence-electron chi connectivity index (χ3n) is 3.54. The van der Waals surface area contributed by atoms with Gasteiger partial charge in [-0.25, -0.2) is 5.84 Å². The van der Waals surface area contributed by atoms with E-state index in [4.69, 9.17) is 10.6 Å². The number of hydrazine groups is 1. The van der Waals surface area contributed by atoms with Crippen LogP contribution in [0.25, 0.3) is 0 Å². The van der Waals surface area contributed by atoms with Gasteiger partial charge in [-0.05, 0) is 31.0 Å². The molecule has 20 heavy (non-hydrogen) atoms. The summed E-state index contributed by atoms with van der Waals surface area (Å²) in [6.45, 7) is 2.76. The van der Waals surface area contributed by atoms with Gasteiger partial charge in [0.1, 0.15) is 0 Å². The molecule has 2 rings (SSSR count). The summed E-state index contributed by atoms with van der Waals surface area (Å²) >= 11 is 0. The topological polar surface area (TPSA) is 67.6 Å². The van der Waals surface area contributed by atoms with Gasteiger partial charge in [0.05, 0.1) is 12.5 Å². The van der Waals surface area contributed by atoms with Gasteiger partial charge < -0.3 is 4.74 Å². The molecule has 1 saturated heterocycles. The highest BCUT2D eigenvalue weighted by Gasteiger charge is 2.17. The molecule has 5 nitrogen and oxygen atoms in total. The van der Waals surface area contributed by atoms with Gasteiger partial charge >= 0.3 is 0 Å². The molecule has 0 radical (unpaired) electrons. The van der Waals surface area contributed by atoms with Crippen LogP contribution in [0, 0.1) is 0 Å². The zero-order valence-corrected chi connectivity index (χ0v) is 12.0. The first-order valence-corrected chi connectivity index (χ1v) is 7.05. The number of benzene rings is 1. The second-order valence-corrected chi connectivity index (χ2v) is 5.39. The largest absolute Gasteiger partial charge is 0.377 e. The summed E-state index contributed by atoms with van der Waals surface area (Å²) in [5.74, 6) is 4.90. The van der Waals surface area contributed by atoms with Crippen molar-refractivity contribution in [2.45, 2.75) is 31.9 Å². The maximum atomic E-state index is 11.2. The van der Waals surface area contributed by atoms with Crippen molar-refractivity contribution < 1.29 is 9.53 Å². The van der Waals surface area contributed by atoms with E-state index in [1.807, 2.05) is 12.1 Å². The zero-order chi connectivity index (χ0) is 14.4. The number of ether oxygens (including phenoxy) is 1. The number of nitrogens with zero attached hydrogens (tertiary/aromatic N) is 1. The normalized spacial score (nSPS) is 18.4. The highest BCUT2D eigenvalue weighted by atomic mass is 16.5. The lowest BCUT2D eigenvalue weighted by atomic mass is 10.1. The second kappa shape index (κ2) is 7.38. The Hall–Kier alpha value is -1.43. The Morgan fingerprint density at radius 2 is 2.10 bits per heavy atom. The second-order valence-electron chi connectivity index (χ2n) is 5.39. The van der Waals surface area contributed by atoms with Crippen LogP contribution < -0.4 is 11.3 Å². The molecule has 1 aliphatic heterocycles. The molecule has 0 saturated carbocycles. The van der Waals surface area contributed by atoms with Crippen LogP contribution in [0.3, 0.4) is 0 Å². The predicted octanol–water partition coefficient (Wildman–Crippen LogP) is 0.830. The molecule has 3 N–H and O–H groups in total. The highest BCUT2D eigenvalue weighted by molar-refractivity contribution is 5.77. The number of amides is 1. The van der Waals surface area contributed by atoms with Gasteiger partial charge in [0, 0.05) is 19.7 Å². The van der Waals surface area contributed by atoms with Gasteiger partial charge in [-0.2, -0.15) is 0 Å². The van der Waals surface area contributed by atoms with Crippen LogP contribution in [-0.4, -0.2) is 37.1 Å². The van der Waals surface area contributed by atoms with E-state index in [-0.39, 0.29) is 5.91 Å². The maximum Gasteiger partial charge on any atom is 0.238 e. The summed E-state index contributed by atoms with van der Waals surface area (Å²) < 4.78 is 5.64. The van der Waals surface area contributed by atoms with Gasteiger partial charge in [-0.15, -0.1) is 0 Å². The SMILES string of the molecule is CN(Cc1ccc(CC(=O)NN)cc1)CC1CCCO1. The molecule has 1 atom stereocenters. The predicted molar refractivity (Wildman–Crippen MR) is 77.8 cm³/mol. The lowest BCUT2D eigenvalue weighted by molar-refractivity contribution is -0.120. The number of hydrogen-bond donors (Lipinski definition) is 2. The molecule has 1 aromatic carbocycles. The third kappa shape index (κ3) is 4.59. The fourth-order valence-corrected chi connectivity index (χ4v) is 2.51. The van der Waals surface area contributed by atoms with Crippen molar-refractivity contribution in [1.29, 1.82) is 0 Å². The Bertz CT molecular complexity index is 427. The molecule has 1 aliphatic rings. The monoisotopic (exact) mass is 277 g/mol. The van der Waals surface area contributed by atoms with Crippen molar-refractivity contribution in [3.8, 4) is 0 Å². The standard InChI is InChI=1S/C15H23N3O2/c1-18(11-14-3-2-8-20-14)10-13-6-4-12(5-7-13)9-15(19)17-16/h4-7,14H,2-3,8-11,16H2,1H3,(H,17,19). The van der Waals surface area contributed by atoms with E-state index < -0.39 is 0 Å². The minimum atomic E-state index is -0.173. The number of nitrogens with two attached hydrogens (primary N) is 1. The molecule has 1 amide bonds. The lowest BCUT2D eigenvalue weighted by Gasteiger charge is -2.20. The summed E-state index contributed by atoms with van der Waals surface area (Å²) in [5, 5.41) is 0. The quantitative estimate of drug-likeness (QED) is 0.459. The molecule has 5 heteroatoms. The van der Waals surface area contributed by atoms with Crippen LogP contribution in [0.5, 0.6) is 0 Å². The zero-order valence-electron chi connectivity index (χ0n) is 12.0. The Morgan fingerprint density at radius 3 is 2.70 bits per heavy atom. The average molecular weight is 277 g/mol. The number of carbonyl (C=O) groups excluding carboxylic acids is 1. The van der Waals surface area contributed by atoms with Crippen LogP contribution in [0.1, 0.15) is 24.0 Å². The van der Waals surface area contributed by atoms with Crippen LogP contribution >= 0.6 is 0 Å². The van der Waals surface area contributed by atoms with Gasteiger partial charge in [-0.3, -0.25) is 15.1 Å². The molecular weight excluding hydrogens is 254 g/mol. The van der Waals surface area contributed by atoms with E-state index in [9.17, 15) is 4.79 Å². The van der Waals surface area contributed by atoms with Crippen LogP contribution in [0.4, 0.5) is 0 Å². The van der Waals surface area contributed by atoms with E-state index in [1.54, 1.807) is 0 Å². The van der Waals surface area contributed by atoms with Crippen molar-refractivity contribution in [3.05, 3.63) is 35.4 Å². The van der Waals surface area contributed by atoms with Gasteiger partial charge in [0.25, 0.3) is 0 Å². The third-order valence-corrected chi connectivity index (χ3v) is 3.54. The fraction of sp³-hybridized carbons (Fsp3) is 0.533. The van der Waals surface area contributed by atoms with E-state index >= 15 is 0 Å². The van der Waals surface area contributed by atoms with Gasteiger partial charge in [0.2, 0.25) is 5.91 Å². The smallest absolute Gasteiger partial charge is 0.238 e. The van der Waals surface area contributed by atoms with Crippen molar-refractivity contribution in [2.75, 3.05) is 20.2 Å². The number of nitrogens with one attached hydrogen (secondary N) is 1. The van der Waals surface area contributed by atoms with Crippen LogP contribution in [0.2, 0.25) is 0 Å². The van der Waals surface area contributed by atoms with Gasteiger partial charge in [0.15, 0.2) is 0 Å². The highest BCUT2D eigenvalue weighted by Crippen LogP contribution is 2.14. The van der Waals surface area contributed by atoms with Crippen molar-refractivity contribution in [3.63, 3.8) is 0 Å². The molecule has 1 unspecified atom stereocenters. The van der Waals surface area contributed by atoms with E-state index in [2.05, 4.69) is 29.5 Å². The first kappa shape index (κ1) is 15.0. The minimum absolute atomic E-state index is 0.173. The average Bonchev–Trinajstić information content (AvgIpc) is 2.93. The fourth-order valence-electron chi connectivity index (χ4n) is 2.51. The van der Waals surface area contributed by atoms with Gasteiger partial charge in [-0.1, -0.05) is 24.3 Å². The lowest BCUT2D eigenvalue weighted by Crippen LogP contribution is -2.31. The summed E-state index contributed by atoms with van der Waals surface area (Å²) in [6, 6.07) is 8.07. The Kier molecular flexibility index (Phi) is 5.52. The number of hydrogen-bond acceptors (Lipinski definition) is 4. The molecule has 0 aliphatic carbocycles. The first-order chi connectivity index (χ1) is 9.67. The number of rotatable bonds is 6. The summed E-state index contributed by atoms with van der Waals surface area (Å²) in [4.78, 5) is 13.5. The Morgan fingerprint density at radius 1 is 1.40 bits per heavy atom. The van der Waals surface area contributed by atoms with E-state index in [1.165, 1.54) is 12.0 Å². The first-order valence-electron chi connectivity index (χ1n) is 7.05. The van der Waals surface area contributed by atoms with Crippen LogP contribution in [0.15, 0.2) is 24.3 Å². The van der Waals surface area contributed by atoms with Crippen LogP contribution in [-0.2, 0) is 22.5 Å². The molecule has 0 bridgehead atoms. The summed E-state index contributed by atoms with van der Waals surface area (Å²) in [6.07, 6.45) is 3.05. The van der Waals surface area contributed by atoms with E-state index in [0.29, 0.717) is 12.5 Å². The maximum absolute atomic E-state index is 11.2. The molecule has 1 heterocycles.